The van der Waals surface area contributed by atoms with E-state index in [-0.39, 0.29) is 5.69 Å². The third kappa shape index (κ3) is 10.3. The smallest absolute Gasteiger partial charge is 0.147 e. The molecule has 23 heavy (non-hydrogen) atoms. The number of aromatic nitrogens is 2. The Kier molecular flexibility index (Phi) is 13.7. The second kappa shape index (κ2) is 13.6. The van der Waals surface area contributed by atoms with E-state index in [9.17, 15) is 8.78 Å². The van der Waals surface area contributed by atoms with E-state index < -0.39 is 11.6 Å². The first-order chi connectivity index (χ1) is 10.9. The number of hydrogen-bond donors (Lipinski definition) is 0. The number of hydrogen-bond acceptors (Lipinski definition) is 3. The summed E-state index contributed by atoms with van der Waals surface area (Å²) in [5, 5.41) is 0. The summed E-state index contributed by atoms with van der Waals surface area (Å²) in [7, 11) is 3.98. The van der Waals surface area contributed by atoms with Gasteiger partial charge in [0.25, 0.3) is 0 Å². The van der Waals surface area contributed by atoms with Gasteiger partial charge in [0, 0.05) is 25.9 Å². The van der Waals surface area contributed by atoms with Crippen molar-refractivity contribution in [3.05, 3.63) is 53.5 Å². The van der Waals surface area contributed by atoms with Crippen LogP contribution in [-0.2, 0) is 0 Å². The standard InChI is InChI=1S/C8H12N2.C6H5F2N.2C2H6/c1-7-5-4-6-8(9-7)10(2)3;1-4-6(8)2-5(7)3-9-4;2*1-2/h4-6H,1-3H3;2-3H,1H3;2*1-2H3. The molecule has 2 heterocycles. The molecule has 0 aliphatic heterocycles. The molecule has 0 saturated heterocycles. The van der Waals surface area contributed by atoms with Crippen molar-refractivity contribution >= 4 is 5.82 Å². The van der Waals surface area contributed by atoms with Crippen molar-refractivity contribution in [2.75, 3.05) is 19.0 Å². The Morgan fingerprint density at radius 1 is 0.957 bits per heavy atom. The van der Waals surface area contributed by atoms with Crippen molar-refractivity contribution in [3.8, 4) is 0 Å². The number of rotatable bonds is 1. The highest BCUT2D eigenvalue weighted by Gasteiger charge is 1.97. The summed E-state index contributed by atoms with van der Waals surface area (Å²) >= 11 is 0. The molecule has 0 amide bonds. The highest BCUT2D eigenvalue weighted by atomic mass is 19.1. The van der Waals surface area contributed by atoms with Crippen LogP contribution < -0.4 is 4.90 Å². The van der Waals surface area contributed by atoms with Gasteiger partial charge in [-0.05, 0) is 26.0 Å². The molecule has 2 aromatic heterocycles. The fourth-order valence-corrected chi connectivity index (χ4v) is 1.26. The van der Waals surface area contributed by atoms with Gasteiger partial charge in [-0.1, -0.05) is 33.8 Å². The van der Waals surface area contributed by atoms with Gasteiger partial charge >= 0.3 is 0 Å². The van der Waals surface area contributed by atoms with Crippen LogP contribution >= 0.6 is 0 Å². The van der Waals surface area contributed by atoms with Gasteiger partial charge in [0.1, 0.15) is 17.5 Å². The van der Waals surface area contributed by atoms with Crippen LogP contribution in [0.15, 0.2) is 30.5 Å². The lowest BCUT2D eigenvalue weighted by atomic mass is 10.4. The number of halogens is 2. The Balaban J connectivity index is 0. The Morgan fingerprint density at radius 3 is 1.87 bits per heavy atom. The number of aryl methyl sites for hydroxylation is 2. The maximum absolute atomic E-state index is 12.3. The fraction of sp³-hybridized carbons (Fsp3) is 0.444. The van der Waals surface area contributed by atoms with E-state index in [1.165, 1.54) is 6.92 Å². The van der Waals surface area contributed by atoms with Crippen molar-refractivity contribution < 1.29 is 8.78 Å². The van der Waals surface area contributed by atoms with Crippen molar-refractivity contribution in [2.24, 2.45) is 0 Å². The van der Waals surface area contributed by atoms with Crippen LogP contribution in [0.1, 0.15) is 39.1 Å². The van der Waals surface area contributed by atoms with Crippen LogP contribution in [0.5, 0.6) is 0 Å². The summed E-state index contributed by atoms with van der Waals surface area (Å²) in [6, 6.07) is 6.81. The van der Waals surface area contributed by atoms with E-state index in [2.05, 4.69) is 9.97 Å². The van der Waals surface area contributed by atoms with Gasteiger partial charge < -0.3 is 4.90 Å². The molecule has 0 bridgehead atoms. The molecule has 0 spiro atoms. The van der Waals surface area contributed by atoms with Gasteiger partial charge in [0.05, 0.1) is 11.9 Å². The maximum atomic E-state index is 12.3. The topological polar surface area (TPSA) is 29.0 Å². The molecule has 0 atom stereocenters. The van der Waals surface area contributed by atoms with Crippen LogP contribution in [-0.4, -0.2) is 24.1 Å². The summed E-state index contributed by atoms with van der Waals surface area (Å²) in [6.07, 6.45) is 0.985. The molecule has 2 rings (SSSR count). The Morgan fingerprint density at radius 2 is 1.52 bits per heavy atom. The van der Waals surface area contributed by atoms with Crippen molar-refractivity contribution in [2.45, 2.75) is 41.5 Å². The second-order valence-electron chi connectivity index (χ2n) is 4.25. The highest BCUT2D eigenvalue weighted by Crippen LogP contribution is 2.06. The molecule has 0 aromatic carbocycles. The van der Waals surface area contributed by atoms with Crippen molar-refractivity contribution in [1.29, 1.82) is 0 Å². The molecule has 0 radical (unpaired) electrons. The van der Waals surface area contributed by atoms with E-state index in [0.29, 0.717) is 0 Å². The molecule has 0 N–H and O–H groups in total. The van der Waals surface area contributed by atoms with E-state index in [4.69, 9.17) is 0 Å². The predicted molar refractivity (Wildman–Crippen MR) is 94.9 cm³/mol. The van der Waals surface area contributed by atoms with Crippen LogP contribution in [0, 0.1) is 25.5 Å². The lowest BCUT2D eigenvalue weighted by molar-refractivity contribution is 0.565. The molecule has 0 saturated carbocycles. The summed E-state index contributed by atoms with van der Waals surface area (Å²) in [6.45, 7) is 11.5. The Labute approximate surface area is 139 Å². The monoisotopic (exact) mass is 325 g/mol. The number of nitrogens with zero attached hydrogens (tertiary/aromatic N) is 3. The first-order valence-electron chi connectivity index (χ1n) is 7.79. The first kappa shape index (κ1) is 23.2. The molecule has 0 aliphatic rings. The van der Waals surface area contributed by atoms with E-state index in [0.717, 1.165) is 23.8 Å². The highest BCUT2D eigenvalue weighted by molar-refractivity contribution is 5.36. The molecule has 130 valence electrons. The summed E-state index contributed by atoms with van der Waals surface area (Å²) in [5.74, 6) is -0.229. The molecule has 0 aliphatic carbocycles. The lowest BCUT2D eigenvalue weighted by Gasteiger charge is -2.10. The molecule has 3 nitrogen and oxygen atoms in total. The van der Waals surface area contributed by atoms with E-state index in [1.807, 2.05) is 71.8 Å². The van der Waals surface area contributed by atoms with Gasteiger partial charge in [-0.3, -0.25) is 4.98 Å². The molecule has 0 fully saturated rings. The summed E-state index contributed by atoms with van der Waals surface area (Å²) in [5.41, 5.74) is 1.28. The van der Waals surface area contributed by atoms with Gasteiger partial charge in [0.2, 0.25) is 0 Å². The third-order valence-corrected chi connectivity index (χ3v) is 2.32. The van der Waals surface area contributed by atoms with Crippen molar-refractivity contribution in [3.63, 3.8) is 0 Å². The fourth-order valence-electron chi connectivity index (χ4n) is 1.26. The van der Waals surface area contributed by atoms with E-state index in [1.54, 1.807) is 0 Å². The number of pyridine rings is 2. The molecule has 0 unspecified atom stereocenters. The maximum Gasteiger partial charge on any atom is 0.147 e. The lowest BCUT2D eigenvalue weighted by Crippen LogP contribution is -2.10. The van der Waals surface area contributed by atoms with Gasteiger partial charge in [-0.15, -0.1) is 0 Å². The summed E-state index contributed by atoms with van der Waals surface area (Å²) in [4.78, 5) is 9.72. The van der Waals surface area contributed by atoms with Gasteiger partial charge in [-0.25, -0.2) is 13.8 Å². The Hall–Kier alpha value is -2.04. The van der Waals surface area contributed by atoms with Crippen LogP contribution in [0.25, 0.3) is 0 Å². The minimum absolute atomic E-state index is 0.219. The average molecular weight is 325 g/mol. The molecule has 5 heteroatoms. The molecule has 2 aromatic rings. The largest absolute Gasteiger partial charge is 0.363 e. The minimum Gasteiger partial charge on any atom is -0.363 e. The normalized spacial score (nSPS) is 8.43. The van der Waals surface area contributed by atoms with Gasteiger partial charge in [0.15, 0.2) is 0 Å². The third-order valence-electron chi connectivity index (χ3n) is 2.32. The quantitative estimate of drug-likeness (QED) is 0.723. The zero-order chi connectivity index (χ0) is 18.4. The zero-order valence-electron chi connectivity index (χ0n) is 15.5. The molecular weight excluding hydrogens is 296 g/mol. The van der Waals surface area contributed by atoms with Crippen LogP contribution in [0.2, 0.25) is 0 Å². The van der Waals surface area contributed by atoms with Crippen molar-refractivity contribution in [1.82, 2.24) is 9.97 Å². The number of anilines is 1. The molecular formula is C18H29F2N3. The van der Waals surface area contributed by atoms with E-state index >= 15 is 0 Å². The van der Waals surface area contributed by atoms with Gasteiger partial charge in [-0.2, -0.15) is 0 Å². The zero-order valence-corrected chi connectivity index (χ0v) is 15.5. The van der Waals surface area contributed by atoms with Crippen LogP contribution in [0.3, 0.4) is 0 Å². The minimum atomic E-state index is -0.641. The predicted octanol–water partition coefficient (Wildman–Crippen LogP) is 5.18. The summed E-state index contributed by atoms with van der Waals surface area (Å²) < 4.78 is 24.3. The first-order valence-corrected chi connectivity index (χ1v) is 7.79. The Bertz CT molecular complexity index is 544. The average Bonchev–Trinajstić information content (AvgIpc) is 2.56. The van der Waals surface area contributed by atoms with Crippen LogP contribution in [0.4, 0.5) is 14.6 Å². The second-order valence-corrected chi connectivity index (χ2v) is 4.25. The SMILES string of the molecule is CC.CC.Cc1cccc(N(C)C)n1.Cc1ncc(F)cc1F.